The molecule has 0 fully saturated rings. The Bertz CT molecular complexity index is 1000. The highest BCUT2D eigenvalue weighted by Crippen LogP contribution is 2.44. The van der Waals surface area contributed by atoms with Crippen molar-refractivity contribution in [2.45, 2.75) is 18.9 Å². The Labute approximate surface area is 169 Å². The summed E-state index contributed by atoms with van der Waals surface area (Å²) in [5.41, 5.74) is 2.88. The summed E-state index contributed by atoms with van der Waals surface area (Å²) < 4.78 is 11.3. The van der Waals surface area contributed by atoms with Crippen molar-refractivity contribution < 1.29 is 19.4 Å². The molecule has 0 spiro atoms. The van der Waals surface area contributed by atoms with Crippen molar-refractivity contribution in [3.05, 3.63) is 83.9 Å². The third-order valence-electron chi connectivity index (χ3n) is 5.44. The standard InChI is InChI=1S/C24H23NO4/c1-15-22(16-8-10-17(28-2)11-9-16)20-14-19(29-18-6-4-3-5-7-18)12-13-21(20)25-23(15)24(26)27/h3-15,22-23,25H,1-2H3,(H,26,27). The molecule has 0 saturated carbocycles. The highest BCUT2D eigenvalue weighted by Gasteiger charge is 2.38. The summed E-state index contributed by atoms with van der Waals surface area (Å²) in [7, 11) is 1.63. The van der Waals surface area contributed by atoms with Gasteiger partial charge >= 0.3 is 5.97 Å². The number of fused-ring (bicyclic) bond motifs is 1. The van der Waals surface area contributed by atoms with E-state index < -0.39 is 12.0 Å². The van der Waals surface area contributed by atoms with Gasteiger partial charge < -0.3 is 19.9 Å². The van der Waals surface area contributed by atoms with Crippen LogP contribution in [-0.4, -0.2) is 24.2 Å². The molecule has 4 rings (SSSR count). The maximum atomic E-state index is 11.9. The van der Waals surface area contributed by atoms with E-state index in [0.717, 1.165) is 34.1 Å². The van der Waals surface area contributed by atoms with E-state index in [1.807, 2.05) is 79.7 Å². The Morgan fingerprint density at radius 3 is 2.28 bits per heavy atom. The Morgan fingerprint density at radius 1 is 0.931 bits per heavy atom. The highest BCUT2D eigenvalue weighted by atomic mass is 16.5. The number of anilines is 1. The quantitative estimate of drug-likeness (QED) is 0.633. The van der Waals surface area contributed by atoms with Crippen LogP contribution in [0, 0.1) is 5.92 Å². The van der Waals surface area contributed by atoms with Crippen molar-refractivity contribution in [1.82, 2.24) is 0 Å². The van der Waals surface area contributed by atoms with Gasteiger partial charge in [-0.25, -0.2) is 4.79 Å². The molecule has 0 amide bonds. The Kier molecular flexibility index (Phi) is 5.12. The summed E-state index contributed by atoms with van der Waals surface area (Å²) >= 11 is 0. The van der Waals surface area contributed by atoms with Gasteiger partial charge in [-0.1, -0.05) is 37.3 Å². The zero-order valence-electron chi connectivity index (χ0n) is 16.3. The summed E-state index contributed by atoms with van der Waals surface area (Å²) in [5, 5.41) is 12.9. The maximum absolute atomic E-state index is 11.9. The van der Waals surface area contributed by atoms with Gasteiger partial charge in [-0.2, -0.15) is 0 Å². The van der Waals surface area contributed by atoms with Crippen LogP contribution in [0.1, 0.15) is 24.0 Å². The number of methoxy groups -OCH3 is 1. The predicted molar refractivity (Wildman–Crippen MR) is 112 cm³/mol. The molecule has 0 aliphatic carbocycles. The zero-order chi connectivity index (χ0) is 20.4. The second-order valence-electron chi connectivity index (χ2n) is 7.23. The Hall–Kier alpha value is -3.47. The fourth-order valence-corrected chi connectivity index (χ4v) is 3.97. The molecule has 148 valence electrons. The lowest BCUT2D eigenvalue weighted by Crippen LogP contribution is -2.42. The molecule has 2 N–H and O–H groups in total. The van der Waals surface area contributed by atoms with Gasteiger partial charge in [0.05, 0.1) is 7.11 Å². The molecule has 1 aliphatic rings. The fourth-order valence-electron chi connectivity index (χ4n) is 3.97. The number of aliphatic carboxylic acids is 1. The number of ether oxygens (including phenoxy) is 2. The summed E-state index contributed by atoms with van der Waals surface area (Å²) in [6, 6.07) is 22.5. The van der Waals surface area contributed by atoms with E-state index in [9.17, 15) is 9.90 Å². The first kappa shape index (κ1) is 18.9. The van der Waals surface area contributed by atoms with Gasteiger partial charge in [-0.05, 0) is 59.5 Å². The molecule has 5 heteroatoms. The lowest BCUT2D eigenvalue weighted by Gasteiger charge is -2.37. The van der Waals surface area contributed by atoms with Gasteiger partial charge in [0.15, 0.2) is 0 Å². The fraction of sp³-hybridized carbons (Fsp3) is 0.208. The lowest BCUT2D eigenvalue weighted by atomic mass is 9.74. The summed E-state index contributed by atoms with van der Waals surface area (Å²) in [6.07, 6.45) is 0. The minimum Gasteiger partial charge on any atom is -0.497 e. The molecule has 3 aromatic rings. The number of benzene rings is 3. The second-order valence-corrected chi connectivity index (χ2v) is 7.23. The first-order valence-corrected chi connectivity index (χ1v) is 9.57. The van der Waals surface area contributed by atoms with E-state index in [1.54, 1.807) is 7.11 Å². The molecular weight excluding hydrogens is 366 g/mol. The van der Waals surface area contributed by atoms with E-state index in [4.69, 9.17) is 9.47 Å². The Balaban J connectivity index is 1.76. The van der Waals surface area contributed by atoms with Crippen molar-refractivity contribution in [3.63, 3.8) is 0 Å². The van der Waals surface area contributed by atoms with E-state index in [0.29, 0.717) is 0 Å². The number of para-hydroxylation sites is 1. The van der Waals surface area contributed by atoms with Crippen LogP contribution in [0.4, 0.5) is 5.69 Å². The van der Waals surface area contributed by atoms with Gasteiger partial charge in [-0.3, -0.25) is 0 Å². The van der Waals surface area contributed by atoms with Crippen LogP contribution >= 0.6 is 0 Å². The van der Waals surface area contributed by atoms with Gasteiger partial charge in [-0.15, -0.1) is 0 Å². The predicted octanol–water partition coefficient (Wildman–Crippen LogP) is 5.13. The number of carbonyl (C=O) groups is 1. The molecule has 0 aromatic heterocycles. The normalized spacial score (nSPS) is 20.3. The third kappa shape index (κ3) is 3.76. The van der Waals surface area contributed by atoms with Gasteiger partial charge in [0.25, 0.3) is 0 Å². The van der Waals surface area contributed by atoms with Crippen molar-refractivity contribution in [2.75, 3.05) is 12.4 Å². The second kappa shape index (κ2) is 7.87. The van der Waals surface area contributed by atoms with Crippen LogP contribution in [0.2, 0.25) is 0 Å². The molecule has 5 nitrogen and oxygen atoms in total. The highest BCUT2D eigenvalue weighted by molar-refractivity contribution is 5.80. The van der Waals surface area contributed by atoms with Crippen LogP contribution in [0.3, 0.4) is 0 Å². The first-order valence-electron chi connectivity index (χ1n) is 9.57. The summed E-state index contributed by atoms with van der Waals surface area (Å²) in [5.74, 6) is 1.15. The topological polar surface area (TPSA) is 67.8 Å². The van der Waals surface area contributed by atoms with Gasteiger partial charge in [0, 0.05) is 11.6 Å². The van der Waals surface area contributed by atoms with Gasteiger partial charge in [0.1, 0.15) is 23.3 Å². The molecule has 1 heterocycles. The van der Waals surface area contributed by atoms with Crippen molar-refractivity contribution in [3.8, 4) is 17.2 Å². The SMILES string of the molecule is COc1ccc(C2c3cc(Oc4ccccc4)ccc3NC(C(=O)O)C2C)cc1. The number of carboxylic acid groups (broad SMARTS) is 1. The average Bonchev–Trinajstić information content (AvgIpc) is 2.74. The van der Waals surface area contributed by atoms with E-state index in [1.165, 1.54) is 0 Å². The monoisotopic (exact) mass is 389 g/mol. The lowest BCUT2D eigenvalue weighted by molar-refractivity contribution is -0.139. The van der Waals surface area contributed by atoms with Crippen LogP contribution in [0.25, 0.3) is 0 Å². The first-order chi connectivity index (χ1) is 14.1. The molecule has 0 radical (unpaired) electrons. The number of hydrogen-bond acceptors (Lipinski definition) is 4. The average molecular weight is 389 g/mol. The molecule has 3 unspecified atom stereocenters. The minimum absolute atomic E-state index is 0.0856. The van der Waals surface area contributed by atoms with Crippen molar-refractivity contribution >= 4 is 11.7 Å². The molecule has 0 bridgehead atoms. The smallest absolute Gasteiger partial charge is 0.326 e. The molecule has 29 heavy (non-hydrogen) atoms. The largest absolute Gasteiger partial charge is 0.497 e. The number of carboxylic acids is 1. The van der Waals surface area contributed by atoms with E-state index >= 15 is 0 Å². The zero-order valence-corrected chi connectivity index (χ0v) is 16.3. The van der Waals surface area contributed by atoms with Crippen LogP contribution in [-0.2, 0) is 4.79 Å². The molecule has 1 aliphatic heterocycles. The Morgan fingerprint density at radius 2 is 1.62 bits per heavy atom. The molecule has 3 aromatic carbocycles. The van der Waals surface area contributed by atoms with E-state index in [2.05, 4.69) is 5.32 Å². The molecular formula is C24H23NO4. The number of hydrogen-bond donors (Lipinski definition) is 2. The summed E-state index contributed by atoms with van der Waals surface area (Å²) in [4.78, 5) is 11.9. The van der Waals surface area contributed by atoms with Crippen molar-refractivity contribution in [2.24, 2.45) is 5.92 Å². The number of nitrogens with one attached hydrogen (secondary N) is 1. The van der Waals surface area contributed by atoms with Crippen LogP contribution < -0.4 is 14.8 Å². The third-order valence-corrected chi connectivity index (χ3v) is 5.44. The minimum atomic E-state index is -0.855. The number of rotatable bonds is 5. The molecule has 3 atom stereocenters. The van der Waals surface area contributed by atoms with E-state index in [-0.39, 0.29) is 11.8 Å². The van der Waals surface area contributed by atoms with Crippen LogP contribution in [0.5, 0.6) is 17.2 Å². The molecule has 0 saturated heterocycles. The van der Waals surface area contributed by atoms with Crippen molar-refractivity contribution in [1.29, 1.82) is 0 Å². The maximum Gasteiger partial charge on any atom is 0.326 e. The summed E-state index contributed by atoms with van der Waals surface area (Å²) in [6.45, 7) is 1.97. The van der Waals surface area contributed by atoms with Crippen LogP contribution in [0.15, 0.2) is 72.8 Å². The van der Waals surface area contributed by atoms with Gasteiger partial charge in [0.2, 0.25) is 0 Å².